The molecule has 0 saturated heterocycles. The average molecular weight is 259 g/mol. The van der Waals surface area contributed by atoms with Gasteiger partial charge in [0.25, 0.3) is 0 Å². The van der Waals surface area contributed by atoms with Gasteiger partial charge in [-0.05, 0) is 38.6 Å². The number of aromatic nitrogens is 2. The van der Waals surface area contributed by atoms with Gasteiger partial charge in [-0.15, -0.1) is 0 Å². The van der Waals surface area contributed by atoms with Gasteiger partial charge in [-0.2, -0.15) is 0 Å². The summed E-state index contributed by atoms with van der Waals surface area (Å²) in [6.45, 7) is 5.10. The zero-order valence-electron chi connectivity index (χ0n) is 12.0. The molecule has 1 aromatic carbocycles. The van der Waals surface area contributed by atoms with Crippen molar-refractivity contribution in [2.45, 2.75) is 25.9 Å². The molecule has 0 atom stereocenters. The molecule has 0 aliphatic carbocycles. The van der Waals surface area contributed by atoms with Gasteiger partial charge < -0.3 is 14.6 Å². The second kappa shape index (κ2) is 5.45. The molecular formula is C15H21N3O. The molecular weight excluding hydrogens is 238 g/mol. The molecule has 0 bridgehead atoms. The van der Waals surface area contributed by atoms with Gasteiger partial charge in [0.1, 0.15) is 5.75 Å². The Kier molecular flexibility index (Phi) is 3.90. The van der Waals surface area contributed by atoms with Gasteiger partial charge in [0, 0.05) is 6.54 Å². The predicted octanol–water partition coefficient (Wildman–Crippen LogP) is 2.39. The maximum absolute atomic E-state index is 5.17. The normalized spacial score (nSPS) is 11.6. The second-order valence-corrected chi connectivity index (χ2v) is 5.13. The molecule has 0 spiro atoms. The minimum atomic E-state index is -0.0943. The Hall–Kier alpha value is -1.81. The first-order chi connectivity index (χ1) is 9.06. The van der Waals surface area contributed by atoms with E-state index in [1.807, 2.05) is 31.7 Å². The maximum atomic E-state index is 5.17. The van der Waals surface area contributed by atoms with E-state index in [1.54, 1.807) is 7.11 Å². The molecule has 0 amide bonds. The Bertz CT molecular complexity index is 529. The first-order valence-corrected chi connectivity index (χ1v) is 6.39. The smallest absolute Gasteiger partial charge is 0.118 e. The van der Waals surface area contributed by atoms with Gasteiger partial charge in [-0.25, -0.2) is 4.98 Å². The lowest BCUT2D eigenvalue weighted by atomic mass is 10.0. The lowest BCUT2D eigenvalue weighted by molar-refractivity contribution is 0.411. The Morgan fingerprint density at radius 1 is 1.26 bits per heavy atom. The van der Waals surface area contributed by atoms with E-state index in [0.29, 0.717) is 0 Å². The molecule has 4 heteroatoms. The second-order valence-electron chi connectivity index (χ2n) is 5.13. The van der Waals surface area contributed by atoms with Gasteiger partial charge in [0.05, 0.1) is 30.9 Å². The zero-order chi connectivity index (χ0) is 13.9. The van der Waals surface area contributed by atoms with Crippen LogP contribution in [0.2, 0.25) is 0 Å². The number of hydrogen-bond acceptors (Lipinski definition) is 3. The summed E-state index contributed by atoms with van der Waals surface area (Å²) in [5.74, 6) is 0.880. The molecule has 1 N–H and O–H groups in total. The van der Waals surface area contributed by atoms with Crippen molar-refractivity contribution in [3.05, 3.63) is 48.0 Å². The number of nitrogens with zero attached hydrogens (tertiary/aromatic N) is 2. The fraction of sp³-hybridized carbons (Fsp3) is 0.400. The highest BCUT2D eigenvalue weighted by molar-refractivity contribution is 5.27. The summed E-state index contributed by atoms with van der Waals surface area (Å²) in [5.41, 5.74) is 2.31. The van der Waals surface area contributed by atoms with Gasteiger partial charge in [0.2, 0.25) is 0 Å². The minimum Gasteiger partial charge on any atom is -0.497 e. The van der Waals surface area contributed by atoms with Crippen molar-refractivity contribution in [1.29, 1.82) is 0 Å². The highest BCUT2D eigenvalue weighted by Gasteiger charge is 2.21. The summed E-state index contributed by atoms with van der Waals surface area (Å²) in [4.78, 5) is 4.26. The third-order valence-corrected chi connectivity index (χ3v) is 3.49. The van der Waals surface area contributed by atoms with Crippen LogP contribution in [-0.2, 0) is 12.1 Å². The first kappa shape index (κ1) is 13.6. The van der Waals surface area contributed by atoms with E-state index in [2.05, 4.69) is 40.8 Å². The van der Waals surface area contributed by atoms with Crippen molar-refractivity contribution >= 4 is 0 Å². The Labute approximate surface area is 114 Å². The highest BCUT2D eigenvalue weighted by Crippen LogP contribution is 2.20. The number of methoxy groups -OCH3 is 1. The summed E-state index contributed by atoms with van der Waals surface area (Å²) < 4.78 is 7.34. The zero-order valence-corrected chi connectivity index (χ0v) is 12.0. The largest absolute Gasteiger partial charge is 0.497 e. The summed E-state index contributed by atoms with van der Waals surface area (Å²) in [7, 11) is 3.64. The fourth-order valence-electron chi connectivity index (χ4n) is 2.02. The van der Waals surface area contributed by atoms with E-state index >= 15 is 0 Å². The lowest BCUT2D eigenvalue weighted by Crippen LogP contribution is -2.35. The van der Waals surface area contributed by atoms with Crippen LogP contribution in [0.5, 0.6) is 5.75 Å². The van der Waals surface area contributed by atoms with Crippen molar-refractivity contribution < 1.29 is 4.74 Å². The van der Waals surface area contributed by atoms with E-state index in [-0.39, 0.29) is 5.54 Å². The van der Waals surface area contributed by atoms with Crippen LogP contribution in [0.15, 0.2) is 36.8 Å². The number of imidazole rings is 1. The van der Waals surface area contributed by atoms with Crippen LogP contribution in [0, 0.1) is 0 Å². The Morgan fingerprint density at radius 3 is 2.53 bits per heavy atom. The van der Waals surface area contributed by atoms with Crippen LogP contribution in [-0.4, -0.2) is 23.7 Å². The van der Waals surface area contributed by atoms with Crippen molar-refractivity contribution in [2.24, 2.45) is 0 Å². The monoisotopic (exact) mass is 259 g/mol. The van der Waals surface area contributed by atoms with Crippen molar-refractivity contribution in [3.8, 4) is 5.75 Å². The van der Waals surface area contributed by atoms with Gasteiger partial charge in [-0.1, -0.05) is 12.1 Å². The lowest BCUT2D eigenvalue weighted by Gasteiger charge is -2.25. The molecule has 0 aliphatic rings. The van der Waals surface area contributed by atoms with E-state index in [1.165, 1.54) is 11.3 Å². The number of benzene rings is 1. The van der Waals surface area contributed by atoms with Gasteiger partial charge in [0.15, 0.2) is 0 Å². The number of ether oxygens (including phenoxy) is 1. The maximum Gasteiger partial charge on any atom is 0.118 e. The molecule has 4 nitrogen and oxygen atoms in total. The van der Waals surface area contributed by atoms with Crippen molar-refractivity contribution in [3.63, 3.8) is 0 Å². The summed E-state index contributed by atoms with van der Waals surface area (Å²) >= 11 is 0. The van der Waals surface area contributed by atoms with Gasteiger partial charge in [-0.3, -0.25) is 0 Å². The SMILES string of the molecule is CNC(C)(C)c1cncn1Cc1ccc(OC)cc1. The van der Waals surface area contributed by atoms with Crippen molar-refractivity contribution in [2.75, 3.05) is 14.2 Å². The molecule has 2 aromatic rings. The molecule has 102 valence electrons. The molecule has 2 rings (SSSR count). The third-order valence-electron chi connectivity index (χ3n) is 3.49. The molecule has 1 aromatic heterocycles. The van der Waals surface area contributed by atoms with E-state index < -0.39 is 0 Å². The van der Waals surface area contributed by atoms with E-state index in [0.717, 1.165) is 12.3 Å². The highest BCUT2D eigenvalue weighted by atomic mass is 16.5. The summed E-state index contributed by atoms with van der Waals surface area (Å²) in [6, 6.07) is 8.12. The molecule has 0 fully saturated rings. The van der Waals surface area contributed by atoms with Crippen LogP contribution >= 0.6 is 0 Å². The third kappa shape index (κ3) is 2.96. The van der Waals surface area contributed by atoms with Gasteiger partial charge >= 0.3 is 0 Å². The number of rotatable bonds is 5. The minimum absolute atomic E-state index is 0.0943. The average Bonchev–Trinajstić information content (AvgIpc) is 2.88. The quantitative estimate of drug-likeness (QED) is 0.896. The number of nitrogens with one attached hydrogen (secondary N) is 1. The van der Waals surface area contributed by atoms with Crippen LogP contribution in [0.3, 0.4) is 0 Å². The molecule has 0 saturated carbocycles. The number of hydrogen-bond donors (Lipinski definition) is 1. The van der Waals surface area contributed by atoms with E-state index in [9.17, 15) is 0 Å². The molecule has 19 heavy (non-hydrogen) atoms. The summed E-state index contributed by atoms with van der Waals surface area (Å²) in [6.07, 6.45) is 3.79. The Morgan fingerprint density at radius 2 is 1.95 bits per heavy atom. The molecule has 1 heterocycles. The summed E-state index contributed by atoms with van der Waals surface area (Å²) in [5, 5.41) is 3.31. The van der Waals surface area contributed by atoms with Crippen LogP contribution in [0.1, 0.15) is 25.1 Å². The fourth-order valence-corrected chi connectivity index (χ4v) is 2.02. The van der Waals surface area contributed by atoms with Crippen LogP contribution < -0.4 is 10.1 Å². The molecule has 0 aliphatic heterocycles. The molecule has 0 unspecified atom stereocenters. The van der Waals surface area contributed by atoms with Crippen LogP contribution in [0.25, 0.3) is 0 Å². The molecule has 0 radical (unpaired) electrons. The topological polar surface area (TPSA) is 39.1 Å². The Balaban J connectivity index is 2.21. The van der Waals surface area contributed by atoms with E-state index in [4.69, 9.17) is 4.74 Å². The van der Waals surface area contributed by atoms with Crippen LogP contribution in [0.4, 0.5) is 0 Å². The standard InChI is InChI=1S/C15H21N3O/c1-15(2,16-3)14-9-17-11-18(14)10-12-5-7-13(19-4)8-6-12/h5-9,11,16H,10H2,1-4H3. The predicted molar refractivity (Wildman–Crippen MR) is 76.4 cm³/mol. The van der Waals surface area contributed by atoms with Crippen molar-refractivity contribution in [1.82, 2.24) is 14.9 Å². The first-order valence-electron chi connectivity index (χ1n) is 6.39.